The number of fused-ring (bicyclic) bond motifs is 1. The van der Waals surface area contributed by atoms with Gasteiger partial charge in [-0.1, -0.05) is 74.5 Å². The third kappa shape index (κ3) is 6.56. The molecule has 0 aromatic heterocycles. The van der Waals surface area contributed by atoms with Crippen LogP contribution in [0.4, 0.5) is 16.2 Å². The molecule has 39 heavy (non-hydrogen) atoms. The fraction of sp³-hybridized carbons (Fsp3) is 0.300. The summed E-state index contributed by atoms with van der Waals surface area (Å²) in [7, 11) is 1.52. The minimum atomic E-state index is -0.763. The number of alkyl carbamates (subject to hydrolysis) is 1. The largest absolute Gasteiger partial charge is 0.445 e. The molecule has 0 spiro atoms. The number of amides is 3. The zero-order chi connectivity index (χ0) is 27.9. The van der Waals surface area contributed by atoms with Gasteiger partial charge in [-0.25, -0.2) is 4.79 Å². The van der Waals surface area contributed by atoms with E-state index in [0.29, 0.717) is 6.54 Å². The molecule has 0 aliphatic carbocycles. The molecule has 3 aromatic rings. The van der Waals surface area contributed by atoms with E-state index in [1.54, 1.807) is 4.90 Å². The molecular formula is C30H35N5O4. The number of para-hydroxylation sites is 2. The molecule has 3 amide bonds. The first-order chi connectivity index (χ1) is 18.8. The van der Waals surface area contributed by atoms with Crippen molar-refractivity contribution in [2.45, 2.75) is 39.1 Å². The zero-order valence-electron chi connectivity index (χ0n) is 22.4. The average molecular weight is 530 g/mol. The number of carbonyl (C=O) groups is 3. The number of rotatable bonds is 8. The molecule has 0 saturated carbocycles. The Morgan fingerprint density at radius 3 is 2.46 bits per heavy atom. The molecule has 0 fully saturated rings. The van der Waals surface area contributed by atoms with Crippen LogP contribution in [0.1, 0.15) is 25.0 Å². The maximum Gasteiger partial charge on any atom is 0.407 e. The lowest BCUT2D eigenvalue weighted by Crippen LogP contribution is -2.55. The van der Waals surface area contributed by atoms with Gasteiger partial charge < -0.3 is 31.3 Å². The van der Waals surface area contributed by atoms with Gasteiger partial charge in [0.25, 0.3) is 5.91 Å². The predicted octanol–water partition coefficient (Wildman–Crippen LogP) is 3.64. The maximum atomic E-state index is 13.7. The second-order valence-electron chi connectivity index (χ2n) is 9.83. The topological polar surface area (TPSA) is 126 Å². The Kier molecular flexibility index (Phi) is 8.83. The monoisotopic (exact) mass is 529 g/mol. The maximum absolute atomic E-state index is 13.7. The van der Waals surface area contributed by atoms with Crippen LogP contribution in [0.3, 0.4) is 0 Å². The highest BCUT2D eigenvalue weighted by Gasteiger charge is 2.32. The van der Waals surface area contributed by atoms with Gasteiger partial charge in [-0.2, -0.15) is 0 Å². The second kappa shape index (κ2) is 12.4. The minimum absolute atomic E-state index is 0.0499. The standard InChI is InChI=1S/C30H35N5O4/c1-19(2)27(31)28(36)34-25-16-33-24-10-6-7-11-26(24)35(29(25)37)17-20-12-14-21(15-13-20)23-9-5-4-8-22(23)18-39-30(38)32-3/h4-15,19,25,27,33H,16-18,31H2,1-3H3,(H,32,38)(H,34,36)/t25-,27?/m0/s1. The lowest BCUT2D eigenvalue weighted by molar-refractivity contribution is -0.128. The van der Waals surface area contributed by atoms with E-state index in [4.69, 9.17) is 10.5 Å². The van der Waals surface area contributed by atoms with Gasteiger partial charge in [0.2, 0.25) is 5.91 Å². The molecule has 0 bridgehead atoms. The van der Waals surface area contributed by atoms with E-state index < -0.39 is 18.2 Å². The van der Waals surface area contributed by atoms with Crippen molar-refractivity contribution in [1.29, 1.82) is 0 Å². The van der Waals surface area contributed by atoms with Gasteiger partial charge in [-0.15, -0.1) is 0 Å². The Morgan fingerprint density at radius 2 is 1.74 bits per heavy atom. The first kappa shape index (κ1) is 27.7. The first-order valence-corrected chi connectivity index (χ1v) is 13.0. The van der Waals surface area contributed by atoms with E-state index in [1.165, 1.54) is 7.05 Å². The quantitative estimate of drug-likeness (QED) is 0.353. The SMILES string of the molecule is CNC(=O)OCc1ccccc1-c1ccc(CN2C(=O)[C@@H](NC(=O)C(N)C(C)C)CNc3ccccc32)cc1. The van der Waals surface area contributed by atoms with E-state index in [9.17, 15) is 14.4 Å². The summed E-state index contributed by atoms with van der Waals surface area (Å²) in [5.41, 5.74) is 11.3. The summed E-state index contributed by atoms with van der Waals surface area (Å²) in [5, 5.41) is 8.59. The molecule has 2 atom stereocenters. The second-order valence-corrected chi connectivity index (χ2v) is 9.83. The van der Waals surface area contributed by atoms with Crippen molar-refractivity contribution in [3.05, 3.63) is 83.9 Å². The van der Waals surface area contributed by atoms with Crippen molar-refractivity contribution >= 4 is 29.3 Å². The number of ether oxygens (including phenoxy) is 1. The molecule has 9 nitrogen and oxygen atoms in total. The van der Waals surface area contributed by atoms with E-state index in [2.05, 4.69) is 16.0 Å². The molecule has 4 rings (SSSR count). The molecule has 0 saturated heterocycles. The van der Waals surface area contributed by atoms with Gasteiger partial charge in [-0.05, 0) is 40.3 Å². The van der Waals surface area contributed by atoms with Crippen LogP contribution in [-0.4, -0.2) is 43.6 Å². The van der Waals surface area contributed by atoms with Crippen molar-refractivity contribution in [3.8, 4) is 11.1 Å². The van der Waals surface area contributed by atoms with E-state index >= 15 is 0 Å². The van der Waals surface area contributed by atoms with Crippen molar-refractivity contribution in [1.82, 2.24) is 10.6 Å². The fourth-order valence-electron chi connectivity index (χ4n) is 4.43. The number of nitrogens with one attached hydrogen (secondary N) is 3. The molecule has 1 heterocycles. The summed E-state index contributed by atoms with van der Waals surface area (Å²) in [6.45, 7) is 4.48. The smallest absolute Gasteiger partial charge is 0.407 e. The summed E-state index contributed by atoms with van der Waals surface area (Å²) in [6, 6.07) is 21.8. The highest BCUT2D eigenvalue weighted by molar-refractivity contribution is 6.03. The summed E-state index contributed by atoms with van der Waals surface area (Å²) in [5.74, 6) is -0.608. The van der Waals surface area contributed by atoms with Crippen LogP contribution >= 0.6 is 0 Å². The molecule has 204 valence electrons. The summed E-state index contributed by atoms with van der Waals surface area (Å²) < 4.78 is 5.25. The van der Waals surface area contributed by atoms with E-state index in [1.807, 2.05) is 86.6 Å². The number of nitrogens with zero attached hydrogens (tertiary/aromatic N) is 1. The predicted molar refractivity (Wildman–Crippen MR) is 152 cm³/mol. The van der Waals surface area contributed by atoms with E-state index in [-0.39, 0.29) is 30.9 Å². The number of nitrogens with two attached hydrogens (primary N) is 1. The van der Waals surface area contributed by atoms with Gasteiger partial charge >= 0.3 is 6.09 Å². The summed E-state index contributed by atoms with van der Waals surface area (Å²) in [4.78, 5) is 39.6. The summed E-state index contributed by atoms with van der Waals surface area (Å²) in [6.07, 6.45) is -0.488. The van der Waals surface area contributed by atoms with Crippen molar-refractivity contribution < 1.29 is 19.1 Å². The molecule has 9 heteroatoms. The number of hydrogen-bond acceptors (Lipinski definition) is 6. The molecular weight excluding hydrogens is 494 g/mol. The van der Waals surface area contributed by atoms with Gasteiger partial charge in [0, 0.05) is 13.6 Å². The third-order valence-electron chi connectivity index (χ3n) is 6.78. The van der Waals surface area contributed by atoms with Gasteiger partial charge in [-0.3, -0.25) is 9.59 Å². The van der Waals surface area contributed by atoms with Crippen LogP contribution in [0.25, 0.3) is 11.1 Å². The van der Waals surface area contributed by atoms with E-state index in [0.717, 1.165) is 33.6 Å². The van der Waals surface area contributed by atoms with Crippen LogP contribution in [0.15, 0.2) is 72.8 Å². The molecule has 5 N–H and O–H groups in total. The third-order valence-corrected chi connectivity index (χ3v) is 6.78. The molecule has 3 aromatic carbocycles. The van der Waals surface area contributed by atoms with Crippen LogP contribution in [0.5, 0.6) is 0 Å². The summed E-state index contributed by atoms with van der Waals surface area (Å²) >= 11 is 0. The molecule has 1 aliphatic heterocycles. The van der Waals surface area contributed by atoms with Crippen LogP contribution in [0, 0.1) is 5.92 Å². The van der Waals surface area contributed by atoms with Crippen LogP contribution in [0.2, 0.25) is 0 Å². The van der Waals surface area contributed by atoms with Gasteiger partial charge in [0.15, 0.2) is 0 Å². The number of hydrogen-bond donors (Lipinski definition) is 4. The highest BCUT2D eigenvalue weighted by atomic mass is 16.5. The minimum Gasteiger partial charge on any atom is -0.445 e. The molecule has 1 aliphatic rings. The average Bonchev–Trinajstić information content (AvgIpc) is 3.08. The van der Waals surface area contributed by atoms with Crippen LogP contribution in [-0.2, 0) is 27.5 Å². The van der Waals surface area contributed by atoms with Crippen LogP contribution < -0.4 is 26.6 Å². The molecule has 0 radical (unpaired) electrons. The van der Waals surface area contributed by atoms with Crippen molar-refractivity contribution in [2.24, 2.45) is 11.7 Å². The number of benzene rings is 3. The lowest BCUT2D eigenvalue weighted by Gasteiger charge is -2.27. The Morgan fingerprint density at radius 1 is 1.05 bits per heavy atom. The Balaban J connectivity index is 1.56. The fourth-order valence-corrected chi connectivity index (χ4v) is 4.43. The first-order valence-electron chi connectivity index (χ1n) is 13.0. The molecule has 1 unspecified atom stereocenters. The number of anilines is 2. The van der Waals surface area contributed by atoms with Gasteiger partial charge in [0.05, 0.1) is 24.0 Å². The van der Waals surface area contributed by atoms with Crippen molar-refractivity contribution in [3.63, 3.8) is 0 Å². The number of carbonyl (C=O) groups excluding carboxylic acids is 3. The Hall–Kier alpha value is -4.37. The lowest BCUT2D eigenvalue weighted by atomic mass is 9.99. The zero-order valence-corrected chi connectivity index (χ0v) is 22.4. The highest BCUT2D eigenvalue weighted by Crippen LogP contribution is 2.31. The normalized spacial score (nSPS) is 15.6. The van der Waals surface area contributed by atoms with Gasteiger partial charge in [0.1, 0.15) is 12.6 Å². The Bertz CT molecular complexity index is 1320. The van der Waals surface area contributed by atoms with Crippen molar-refractivity contribution in [2.75, 3.05) is 23.8 Å². The Labute approximate surface area is 228 Å².